The van der Waals surface area contributed by atoms with Gasteiger partial charge in [0.15, 0.2) is 0 Å². The molecule has 6 nitrogen and oxygen atoms in total. The Morgan fingerprint density at radius 1 is 1.26 bits per heavy atom. The van der Waals surface area contributed by atoms with Gasteiger partial charge in [-0.2, -0.15) is 0 Å². The van der Waals surface area contributed by atoms with Gasteiger partial charge in [0.25, 0.3) is 15.9 Å². The van der Waals surface area contributed by atoms with Crippen LogP contribution in [0, 0.1) is 6.92 Å². The molecule has 0 spiro atoms. The van der Waals surface area contributed by atoms with Gasteiger partial charge in [0.1, 0.15) is 12.4 Å². The molecule has 1 amide bonds. The molecule has 0 unspecified atom stereocenters. The topological polar surface area (TPSA) is 81.7 Å². The molecule has 0 aromatic heterocycles. The minimum absolute atomic E-state index is 0.0295. The molecule has 2 rings (SSSR count). The zero-order valence-corrected chi connectivity index (χ0v) is 14.3. The molecule has 1 aliphatic carbocycles. The Labute approximate surface area is 137 Å². The number of hydrogen-bond donors (Lipinski definition) is 1. The van der Waals surface area contributed by atoms with Crippen molar-refractivity contribution >= 4 is 15.9 Å². The van der Waals surface area contributed by atoms with Crippen LogP contribution in [0.1, 0.15) is 37.7 Å². The summed E-state index contributed by atoms with van der Waals surface area (Å²) in [6.07, 6.45) is 5.29. The van der Waals surface area contributed by atoms with Crippen LogP contribution in [0.25, 0.3) is 0 Å². The van der Waals surface area contributed by atoms with E-state index >= 15 is 0 Å². The van der Waals surface area contributed by atoms with E-state index in [0.717, 1.165) is 25.7 Å². The number of nitrogens with one attached hydrogen (secondary N) is 1. The number of carbonyl (C=O) groups is 1. The van der Waals surface area contributed by atoms with Crippen molar-refractivity contribution in [3.63, 3.8) is 0 Å². The van der Waals surface area contributed by atoms with E-state index in [1.54, 1.807) is 13.0 Å². The molecular weight excluding hydrogens is 318 g/mol. The fraction of sp³-hybridized carbons (Fsp3) is 0.562. The Balaban J connectivity index is 1.94. The van der Waals surface area contributed by atoms with Crippen LogP contribution >= 0.6 is 0 Å². The molecule has 1 aliphatic rings. The Morgan fingerprint density at radius 3 is 2.57 bits per heavy atom. The van der Waals surface area contributed by atoms with Crippen molar-refractivity contribution in [2.75, 3.05) is 13.7 Å². The van der Waals surface area contributed by atoms with E-state index in [0.29, 0.717) is 11.3 Å². The number of aryl methyl sites for hydroxylation is 1. The quantitative estimate of drug-likeness (QED) is 0.857. The number of rotatable bonds is 6. The van der Waals surface area contributed by atoms with E-state index in [-0.39, 0.29) is 17.6 Å². The highest BCUT2D eigenvalue weighted by atomic mass is 32.2. The smallest absolute Gasteiger partial charge is 0.264 e. The van der Waals surface area contributed by atoms with Crippen LogP contribution in [-0.2, 0) is 19.6 Å². The molecule has 0 saturated heterocycles. The Bertz CT molecular complexity index is 650. The standard InChI is InChI=1S/C16H23NO5S/c1-12-10-14(8-9-15(12)21-2)23(19,20)17-16(18)11-22-13-6-4-3-5-7-13/h8-10,13H,3-7,11H2,1-2H3,(H,17,18). The van der Waals surface area contributed by atoms with E-state index in [4.69, 9.17) is 9.47 Å². The molecule has 0 atom stereocenters. The molecule has 1 aromatic rings. The largest absolute Gasteiger partial charge is 0.496 e. The van der Waals surface area contributed by atoms with E-state index in [9.17, 15) is 13.2 Å². The average Bonchev–Trinajstić information content (AvgIpc) is 2.53. The van der Waals surface area contributed by atoms with Crippen molar-refractivity contribution < 1.29 is 22.7 Å². The second kappa shape index (κ2) is 7.79. The van der Waals surface area contributed by atoms with Gasteiger partial charge < -0.3 is 9.47 Å². The first kappa shape index (κ1) is 17.7. The average molecular weight is 341 g/mol. The summed E-state index contributed by atoms with van der Waals surface area (Å²) in [5.41, 5.74) is 0.682. The van der Waals surface area contributed by atoms with Crippen molar-refractivity contribution in [2.45, 2.75) is 50.0 Å². The highest BCUT2D eigenvalue weighted by molar-refractivity contribution is 7.90. The summed E-state index contributed by atoms with van der Waals surface area (Å²) in [5.74, 6) is -0.0556. The van der Waals surface area contributed by atoms with Crippen LogP contribution in [-0.4, -0.2) is 34.1 Å². The van der Waals surface area contributed by atoms with Gasteiger partial charge in [-0.05, 0) is 43.5 Å². The fourth-order valence-electron chi connectivity index (χ4n) is 2.68. The van der Waals surface area contributed by atoms with Crippen LogP contribution in [0.4, 0.5) is 0 Å². The maximum atomic E-state index is 12.2. The summed E-state index contributed by atoms with van der Waals surface area (Å²) in [6.45, 7) is 1.50. The third-order valence-corrected chi connectivity index (χ3v) is 5.30. The summed E-state index contributed by atoms with van der Waals surface area (Å²) in [6, 6.07) is 4.44. The van der Waals surface area contributed by atoms with E-state index in [1.807, 2.05) is 4.72 Å². The van der Waals surface area contributed by atoms with E-state index < -0.39 is 15.9 Å². The first-order chi connectivity index (χ1) is 10.9. The number of amides is 1. The van der Waals surface area contributed by atoms with Gasteiger partial charge in [-0.1, -0.05) is 19.3 Å². The van der Waals surface area contributed by atoms with Crippen LogP contribution in [0.2, 0.25) is 0 Å². The number of methoxy groups -OCH3 is 1. The predicted octanol–water partition coefficient (Wildman–Crippen LogP) is 2.16. The first-order valence-electron chi connectivity index (χ1n) is 7.74. The molecule has 7 heteroatoms. The summed E-state index contributed by atoms with van der Waals surface area (Å²) in [7, 11) is -2.38. The lowest BCUT2D eigenvalue weighted by Gasteiger charge is -2.21. The van der Waals surface area contributed by atoms with Crippen LogP contribution in [0.15, 0.2) is 23.1 Å². The highest BCUT2D eigenvalue weighted by Crippen LogP contribution is 2.22. The molecule has 1 saturated carbocycles. The van der Waals surface area contributed by atoms with Crippen LogP contribution in [0.3, 0.4) is 0 Å². The van der Waals surface area contributed by atoms with Gasteiger partial charge >= 0.3 is 0 Å². The summed E-state index contributed by atoms with van der Waals surface area (Å²) in [5, 5.41) is 0. The zero-order valence-electron chi connectivity index (χ0n) is 13.5. The van der Waals surface area contributed by atoms with Crippen LogP contribution < -0.4 is 9.46 Å². The number of hydrogen-bond acceptors (Lipinski definition) is 5. The molecule has 1 aromatic carbocycles. The Morgan fingerprint density at radius 2 is 1.96 bits per heavy atom. The lowest BCUT2D eigenvalue weighted by atomic mass is 9.98. The molecule has 0 heterocycles. The normalized spacial score (nSPS) is 16.1. The number of benzene rings is 1. The lowest BCUT2D eigenvalue weighted by molar-refractivity contribution is -0.126. The third-order valence-electron chi connectivity index (χ3n) is 3.93. The summed E-state index contributed by atoms with van der Waals surface area (Å²) in [4.78, 5) is 11.9. The second-order valence-electron chi connectivity index (χ2n) is 5.73. The molecule has 1 N–H and O–H groups in total. The third kappa shape index (κ3) is 4.94. The van der Waals surface area contributed by atoms with Crippen molar-refractivity contribution in [3.8, 4) is 5.75 Å². The van der Waals surface area contributed by atoms with Gasteiger partial charge in [-0.15, -0.1) is 0 Å². The highest BCUT2D eigenvalue weighted by Gasteiger charge is 2.20. The first-order valence-corrected chi connectivity index (χ1v) is 9.22. The molecule has 1 fully saturated rings. The number of ether oxygens (including phenoxy) is 2. The predicted molar refractivity (Wildman–Crippen MR) is 85.9 cm³/mol. The SMILES string of the molecule is COc1ccc(S(=O)(=O)NC(=O)COC2CCCCC2)cc1C. The monoisotopic (exact) mass is 341 g/mol. The fourth-order valence-corrected chi connectivity index (χ4v) is 3.74. The maximum absolute atomic E-state index is 12.2. The maximum Gasteiger partial charge on any atom is 0.264 e. The van der Waals surface area contributed by atoms with E-state index in [2.05, 4.69) is 0 Å². The number of carbonyl (C=O) groups excluding carboxylic acids is 1. The van der Waals surface area contributed by atoms with Crippen molar-refractivity contribution in [1.29, 1.82) is 0 Å². The lowest BCUT2D eigenvalue weighted by Crippen LogP contribution is -2.35. The van der Waals surface area contributed by atoms with Gasteiger partial charge in [0, 0.05) is 0 Å². The second-order valence-corrected chi connectivity index (χ2v) is 7.41. The van der Waals surface area contributed by atoms with Crippen molar-refractivity contribution in [3.05, 3.63) is 23.8 Å². The number of sulfonamides is 1. The molecule has 128 valence electrons. The van der Waals surface area contributed by atoms with Gasteiger partial charge in [-0.3, -0.25) is 4.79 Å². The van der Waals surface area contributed by atoms with Gasteiger partial charge in [-0.25, -0.2) is 13.1 Å². The molecule has 0 bridgehead atoms. The Hall–Kier alpha value is -1.60. The van der Waals surface area contributed by atoms with Crippen molar-refractivity contribution in [2.24, 2.45) is 0 Å². The van der Waals surface area contributed by atoms with Crippen molar-refractivity contribution in [1.82, 2.24) is 4.72 Å². The molecule has 0 aliphatic heterocycles. The summed E-state index contributed by atoms with van der Waals surface area (Å²) < 4.78 is 37.1. The minimum Gasteiger partial charge on any atom is -0.496 e. The minimum atomic E-state index is -3.90. The molecular formula is C16H23NO5S. The van der Waals surface area contributed by atoms with Gasteiger partial charge in [0.2, 0.25) is 0 Å². The summed E-state index contributed by atoms with van der Waals surface area (Å²) >= 11 is 0. The molecule has 23 heavy (non-hydrogen) atoms. The zero-order chi connectivity index (χ0) is 16.9. The van der Waals surface area contributed by atoms with Gasteiger partial charge in [0.05, 0.1) is 18.1 Å². The Kier molecular flexibility index (Phi) is 6.01. The molecule has 0 radical (unpaired) electrons. The van der Waals surface area contributed by atoms with Crippen LogP contribution in [0.5, 0.6) is 5.75 Å². The van der Waals surface area contributed by atoms with E-state index in [1.165, 1.54) is 25.7 Å².